The first-order valence-electron chi connectivity index (χ1n) is 13.2. The molecule has 1 saturated heterocycles. The molecule has 3 aliphatic rings. The first-order valence-corrected chi connectivity index (χ1v) is 14.8. The van der Waals surface area contributed by atoms with Crippen LogP contribution in [0.5, 0.6) is 0 Å². The van der Waals surface area contributed by atoms with Crippen molar-refractivity contribution in [3.63, 3.8) is 0 Å². The Bertz CT molecular complexity index is 1380. The number of fused-ring (bicyclic) bond motifs is 1. The van der Waals surface area contributed by atoms with Crippen molar-refractivity contribution in [2.24, 2.45) is 10.9 Å². The molecule has 2 aromatic carbocycles. The van der Waals surface area contributed by atoms with E-state index in [1.807, 2.05) is 48.5 Å². The molecule has 210 valence electrons. The third-order valence-corrected chi connectivity index (χ3v) is 8.69. The van der Waals surface area contributed by atoms with Crippen molar-refractivity contribution in [3.8, 4) is 0 Å². The molecule has 0 bridgehead atoms. The summed E-state index contributed by atoms with van der Waals surface area (Å²) in [6.07, 6.45) is 0. The maximum absolute atomic E-state index is 13.9. The third kappa shape index (κ3) is 5.60. The minimum Gasteiger partial charge on any atom is -0.465 e. The number of hydrogen-bond acceptors (Lipinski definition) is 7. The van der Waals surface area contributed by atoms with Crippen LogP contribution in [0, 0.1) is 5.92 Å². The molecule has 0 aromatic heterocycles. The zero-order valence-corrected chi connectivity index (χ0v) is 24.8. The van der Waals surface area contributed by atoms with Crippen molar-refractivity contribution in [2.75, 3.05) is 32.8 Å². The van der Waals surface area contributed by atoms with Crippen LogP contribution in [-0.4, -0.2) is 70.4 Å². The highest BCUT2D eigenvalue weighted by Crippen LogP contribution is 2.53. The molecule has 2 aromatic rings. The van der Waals surface area contributed by atoms with Gasteiger partial charge in [0.1, 0.15) is 24.0 Å². The van der Waals surface area contributed by atoms with Gasteiger partial charge in [-0.1, -0.05) is 61.3 Å². The van der Waals surface area contributed by atoms with E-state index in [4.69, 9.17) is 32.9 Å². The van der Waals surface area contributed by atoms with E-state index >= 15 is 0 Å². The summed E-state index contributed by atoms with van der Waals surface area (Å²) in [5.41, 5.74) is 2.93. The molecule has 2 amide bonds. The van der Waals surface area contributed by atoms with Gasteiger partial charge in [0, 0.05) is 28.8 Å². The highest BCUT2D eigenvalue weighted by atomic mass is 35.5. The lowest BCUT2D eigenvalue weighted by atomic mass is 9.92. The van der Waals surface area contributed by atoms with Gasteiger partial charge < -0.3 is 19.4 Å². The number of hydrogen-bond donors (Lipinski definition) is 0. The van der Waals surface area contributed by atoms with Crippen LogP contribution in [-0.2, 0) is 19.1 Å². The Kier molecular flexibility index (Phi) is 8.44. The Morgan fingerprint density at radius 3 is 2.23 bits per heavy atom. The molecule has 3 aliphatic heterocycles. The molecule has 0 radical (unpaired) electrons. The predicted molar refractivity (Wildman–Crippen MR) is 157 cm³/mol. The van der Waals surface area contributed by atoms with Gasteiger partial charge in [-0.05, 0) is 60.0 Å². The largest absolute Gasteiger partial charge is 0.465 e. The van der Waals surface area contributed by atoms with Crippen LogP contribution in [0.2, 0.25) is 10.0 Å². The van der Waals surface area contributed by atoms with Crippen molar-refractivity contribution in [1.82, 2.24) is 14.7 Å². The molecule has 2 atom stereocenters. The highest BCUT2D eigenvalue weighted by Gasteiger charge is 2.48. The number of esters is 1. The number of halogens is 2. The fraction of sp³-hybridized carbons (Fsp3) is 0.379. The standard InChI is InChI=1S/C29H30Cl2N4O4S/c1-4-39-23(37)16-33-13-14-34(15-22(33)36)28(38)27-25(17(2)3)35-26(19-7-11-21(31)12-8-19)24(32-29(35)40-27)18-5-9-20(30)10-6-18/h5-12,17,24,26H,4,13-16H2,1-3H3/t24-,26+/m0/s1. The molecule has 0 N–H and O–H groups in total. The summed E-state index contributed by atoms with van der Waals surface area (Å²) in [5, 5.41) is 2.04. The highest BCUT2D eigenvalue weighted by molar-refractivity contribution is 8.18. The molecule has 0 unspecified atom stereocenters. The Morgan fingerprint density at radius 2 is 1.65 bits per heavy atom. The SMILES string of the molecule is CCOC(=O)CN1CCN(C(=O)C2=C(C(C)C)N3C(=N[C@@H](c4ccc(Cl)cc4)[C@H]3c3ccc(Cl)cc3)S2)CC1=O. The van der Waals surface area contributed by atoms with E-state index in [1.165, 1.54) is 16.7 Å². The third-order valence-electron chi connectivity index (χ3n) is 7.11. The second-order valence-electron chi connectivity index (χ2n) is 10.1. The van der Waals surface area contributed by atoms with E-state index in [1.54, 1.807) is 11.8 Å². The van der Waals surface area contributed by atoms with E-state index in [2.05, 4.69) is 18.7 Å². The zero-order chi connectivity index (χ0) is 28.6. The van der Waals surface area contributed by atoms with Gasteiger partial charge in [0.05, 0.1) is 12.6 Å². The summed E-state index contributed by atoms with van der Waals surface area (Å²) in [4.78, 5) is 49.4. The molecule has 3 heterocycles. The van der Waals surface area contributed by atoms with Crippen molar-refractivity contribution in [2.45, 2.75) is 32.9 Å². The van der Waals surface area contributed by atoms with Crippen molar-refractivity contribution < 1.29 is 19.1 Å². The fourth-order valence-electron chi connectivity index (χ4n) is 5.25. The quantitative estimate of drug-likeness (QED) is 0.401. The second kappa shape index (κ2) is 11.8. The van der Waals surface area contributed by atoms with Crippen LogP contribution in [0.4, 0.5) is 0 Å². The molecular formula is C29H30Cl2N4O4S. The fourth-order valence-corrected chi connectivity index (χ4v) is 6.82. The smallest absolute Gasteiger partial charge is 0.325 e. The summed E-state index contributed by atoms with van der Waals surface area (Å²) in [5.74, 6) is -0.914. The number of rotatable bonds is 7. The van der Waals surface area contributed by atoms with Crippen molar-refractivity contribution >= 4 is 57.9 Å². The number of nitrogens with zero attached hydrogens (tertiary/aromatic N) is 4. The monoisotopic (exact) mass is 600 g/mol. The zero-order valence-electron chi connectivity index (χ0n) is 22.5. The van der Waals surface area contributed by atoms with Gasteiger partial charge in [0.25, 0.3) is 5.91 Å². The number of carbonyl (C=O) groups is 3. The number of benzene rings is 2. The number of amidine groups is 1. The van der Waals surface area contributed by atoms with Crippen LogP contribution in [0.25, 0.3) is 0 Å². The van der Waals surface area contributed by atoms with Crippen LogP contribution in [0.15, 0.2) is 64.1 Å². The topological polar surface area (TPSA) is 82.5 Å². The Hall–Kier alpha value is -3.01. The Labute approximate surface area is 247 Å². The number of aliphatic imine (C=N–C) groups is 1. The van der Waals surface area contributed by atoms with Gasteiger partial charge in [-0.25, -0.2) is 0 Å². The number of piperazine rings is 1. The van der Waals surface area contributed by atoms with E-state index in [-0.39, 0.29) is 56.1 Å². The first kappa shape index (κ1) is 28.5. The van der Waals surface area contributed by atoms with Gasteiger partial charge in [-0.15, -0.1) is 0 Å². The summed E-state index contributed by atoms with van der Waals surface area (Å²) < 4.78 is 4.97. The predicted octanol–water partition coefficient (Wildman–Crippen LogP) is 5.30. The average molecular weight is 602 g/mol. The maximum atomic E-state index is 13.9. The van der Waals surface area contributed by atoms with Crippen LogP contribution in [0.3, 0.4) is 0 Å². The van der Waals surface area contributed by atoms with Gasteiger partial charge >= 0.3 is 5.97 Å². The minimum atomic E-state index is -0.450. The van der Waals surface area contributed by atoms with Crippen LogP contribution in [0.1, 0.15) is 44.0 Å². The average Bonchev–Trinajstić information content (AvgIpc) is 3.47. The number of carbonyl (C=O) groups excluding carboxylic acids is 3. The summed E-state index contributed by atoms with van der Waals surface area (Å²) in [6.45, 7) is 6.50. The Morgan fingerprint density at radius 1 is 1.02 bits per heavy atom. The lowest BCUT2D eigenvalue weighted by Gasteiger charge is -2.34. The molecule has 5 rings (SSSR count). The van der Waals surface area contributed by atoms with Gasteiger partial charge in [-0.2, -0.15) is 0 Å². The minimum absolute atomic E-state index is 0.0127. The normalized spacial score (nSPS) is 20.8. The molecule has 1 fully saturated rings. The maximum Gasteiger partial charge on any atom is 0.325 e. The van der Waals surface area contributed by atoms with Crippen molar-refractivity contribution in [1.29, 1.82) is 0 Å². The number of amides is 2. The molecule has 0 spiro atoms. The lowest BCUT2D eigenvalue weighted by molar-refractivity contribution is -0.152. The molecule has 11 heteroatoms. The molecule has 8 nitrogen and oxygen atoms in total. The summed E-state index contributed by atoms with van der Waals surface area (Å²) >= 11 is 13.7. The molecule has 40 heavy (non-hydrogen) atoms. The molecule has 0 saturated carbocycles. The van der Waals surface area contributed by atoms with E-state index in [0.29, 0.717) is 21.5 Å². The first-order chi connectivity index (χ1) is 19.2. The number of thioether (sulfide) groups is 1. The van der Waals surface area contributed by atoms with Gasteiger partial charge in [0.15, 0.2) is 5.17 Å². The Balaban J connectivity index is 1.45. The van der Waals surface area contributed by atoms with E-state index in [9.17, 15) is 14.4 Å². The molecular weight excluding hydrogens is 571 g/mol. The van der Waals surface area contributed by atoms with Crippen molar-refractivity contribution in [3.05, 3.63) is 80.3 Å². The van der Waals surface area contributed by atoms with E-state index < -0.39 is 5.97 Å². The second-order valence-corrected chi connectivity index (χ2v) is 11.9. The summed E-state index contributed by atoms with van der Waals surface area (Å²) in [6, 6.07) is 15.0. The lowest BCUT2D eigenvalue weighted by Crippen LogP contribution is -2.53. The summed E-state index contributed by atoms with van der Waals surface area (Å²) in [7, 11) is 0. The number of ether oxygens (including phenoxy) is 1. The number of allylic oxidation sites excluding steroid dienone is 1. The molecule has 0 aliphatic carbocycles. The van der Waals surface area contributed by atoms with Gasteiger partial charge in [0.2, 0.25) is 5.91 Å². The van der Waals surface area contributed by atoms with E-state index in [0.717, 1.165) is 22.0 Å². The van der Waals surface area contributed by atoms with Gasteiger partial charge in [-0.3, -0.25) is 19.4 Å². The van der Waals surface area contributed by atoms with Crippen LogP contribution >= 0.6 is 35.0 Å². The van der Waals surface area contributed by atoms with Crippen LogP contribution < -0.4 is 0 Å².